The van der Waals surface area contributed by atoms with Crippen LogP contribution in [0.25, 0.3) is 0 Å². The van der Waals surface area contributed by atoms with Gasteiger partial charge in [-0.25, -0.2) is 0 Å². The maximum atomic E-state index is 11.7. The highest BCUT2D eigenvalue weighted by atomic mass is 16.2. The van der Waals surface area contributed by atoms with E-state index >= 15 is 0 Å². The summed E-state index contributed by atoms with van der Waals surface area (Å²) in [5.74, 6) is -0.814. The topological polar surface area (TPSA) is 49.4 Å². The predicted molar refractivity (Wildman–Crippen MR) is 61.8 cm³/mol. The van der Waals surface area contributed by atoms with Crippen LogP contribution >= 0.6 is 0 Å². The summed E-state index contributed by atoms with van der Waals surface area (Å²) in [4.78, 5) is 25.0. The van der Waals surface area contributed by atoms with Crippen molar-refractivity contribution in [3.8, 4) is 0 Å². The minimum absolute atomic E-state index is 0.394. The number of carbonyl (C=O) groups excluding carboxylic acids is 2. The van der Waals surface area contributed by atoms with Gasteiger partial charge in [0.2, 0.25) is 0 Å². The van der Waals surface area contributed by atoms with Gasteiger partial charge in [-0.3, -0.25) is 9.59 Å². The molecule has 4 heteroatoms. The molecule has 1 amide bonds. The summed E-state index contributed by atoms with van der Waals surface area (Å²) >= 11 is 0. The quantitative estimate of drug-likeness (QED) is 0.761. The van der Waals surface area contributed by atoms with Gasteiger partial charge in [-0.1, -0.05) is 11.6 Å². The minimum atomic E-state index is -0.421. The van der Waals surface area contributed by atoms with Gasteiger partial charge in [0.1, 0.15) is 0 Å². The van der Waals surface area contributed by atoms with Gasteiger partial charge >= 0.3 is 0 Å². The molecule has 0 bridgehead atoms. The van der Waals surface area contributed by atoms with Crippen molar-refractivity contribution < 1.29 is 9.59 Å². The number of amides is 1. The highest BCUT2D eigenvalue weighted by Gasteiger charge is 2.35. The van der Waals surface area contributed by atoms with Crippen molar-refractivity contribution in [1.29, 1.82) is 0 Å². The Kier molecular flexibility index (Phi) is 2.75. The molecule has 1 heterocycles. The van der Waals surface area contributed by atoms with Crippen LogP contribution < -0.4 is 10.2 Å². The lowest BCUT2D eigenvalue weighted by molar-refractivity contribution is -0.114. The molecule has 1 aromatic rings. The fourth-order valence-corrected chi connectivity index (χ4v) is 1.86. The normalized spacial score (nSPS) is 14.5. The summed E-state index contributed by atoms with van der Waals surface area (Å²) in [6, 6.07) is 5.52. The van der Waals surface area contributed by atoms with E-state index in [-0.39, 0.29) is 0 Å². The van der Waals surface area contributed by atoms with Gasteiger partial charge in [0.05, 0.1) is 11.3 Å². The predicted octanol–water partition coefficient (Wildman–Crippen LogP) is 0.744. The molecule has 0 aromatic heterocycles. The summed E-state index contributed by atoms with van der Waals surface area (Å²) in [6.07, 6.45) is 0. The number of ketones is 1. The van der Waals surface area contributed by atoms with Gasteiger partial charge in [0.15, 0.2) is 0 Å². The van der Waals surface area contributed by atoms with E-state index in [0.29, 0.717) is 18.7 Å². The van der Waals surface area contributed by atoms with Crippen LogP contribution in [0.4, 0.5) is 5.69 Å². The molecule has 1 N–H and O–H groups in total. The van der Waals surface area contributed by atoms with Crippen LogP contribution in [0.15, 0.2) is 18.2 Å². The van der Waals surface area contributed by atoms with Crippen LogP contribution in [0.2, 0.25) is 0 Å². The Hall–Kier alpha value is -1.68. The van der Waals surface area contributed by atoms with Crippen molar-refractivity contribution in [2.45, 2.75) is 6.92 Å². The number of benzene rings is 1. The first-order chi connectivity index (χ1) is 7.65. The molecule has 0 radical (unpaired) electrons. The molecule has 0 saturated heterocycles. The van der Waals surface area contributed by atoms with Gasteiger partial charge in [-0.2, -0.15) is 0 Å². The Balaban J connectivity index is 2.38. The van der Waals surface area contributed by atoms with Crippen molar-refractivity contribution in [3.05, 3.63) is 29.3 Å². The van der Waals surface area contributed by atoms with E-state index < -0.39 is 11.7 Å². The first kappa shape index (κ1) is 10.8. The summed E-state index contributed by atoms with van der Waals surface area (Å²) in [6.45, 7) is 3.11. The van der Waals surface area contributed by atoms with Crippen molar-refractivity contribution in [2.75, 3.05) is 25.0 Å². The van der Waals surface area contributed by atoms with Crippen molar-refractivity contribution in [1.82, 2.24) is 5.32 Å². The Morgan fingerprint density at radius 2 is 2.06 bits per heavy atom. The highest BCUT2D eigenvalue weighted by Crippen LogP contribution is 2.29. The Morgan fingerprint density at radius 1 is 1.31 bits per heavy atom. The molecular weight excluding hydrogens is 204 g/mol. The lowest BCUT2D eigenvalue weighted by atomic mass is 10.1. The van der Waals surface area contributed by atoms with E-state index in [1.165, 1.54) is 4.90 Å². The fraction of sp³-hybridized carbons (Fsp3) is 0.333. The Labute approximate surface area is 94.2 Å². The smallest absolute Gasteiger partial charge is 0.299 e. The molecule has 2 rings (SSSR count). The van der Waals surface area contributed by atoms with Crippen LogP contribution in [0.1, 0.15) is 15.9 Å². The van der Waals surface area contributed by atoms with E-state index in [1.807, 2.05) is 26.1 Å². The lowest BCUT2D eigenvalue weighted by Gasteiger charge is -2.15. The van der Waals surface area contributed by atoms with Crippen LogP contribution in [0.5, 0.6) is 0 Å². The SMILES string of the molecule is CNCCN1C(=O)C(=O)c2cc(C)ccc21. The van der Waals surface area contributed by atoms with E-state index in [2.05, 4.69) is 5.32 Å². The summed E-state index contributed by atoms with van der Waals surface area (Å²) < 4.78 is 0. The van der Waals surface area contributed by atoms with Crippen LogP contribution in [0.3, 0.4) is 0 Å². The number of hydrogen-bond acceptors (Lipinski definition) is 3. The maximum absolute atomic E-state index is 11.7. The number of rotatable bonds is 3. The van der Waals surface area contributed by atoms with E-state index in [1.54, 1.807) is 6.07 Å². The van der Waals surface area contributed by atoms with E-state index in [4.69, 9.17) is 0 Å². The molecule has 0 unspecified atom stereocenters. The molecular formula is C12H14N2O2. The van der Waals surface area contributed by atoms with Crippen LogP contribution in [-0.2, 0) is 4.79 Å². The summed E-state index contributed by atoms with van der Waals surface area (Å²) in [7, 11) is 1.82. The largest absolute Gasteiger partial charge is 0.318 e. The standard InChI is InChI=1S/C12H14N2O2/c1-8-3-4-10-9(7-8)11(15)12(16)14(10)6-5-13-2/h3-4,7,13H,5-6H2,1-2H3. The van der Waals surface area contributed by atoms with Crippen molar-refractivity contribution >= 4 is 17.4 Å². The number of nitrogens with one attached hydrogen (secondary N) is 1. The van der Waals surface area contributed by atoms with E-state index in [0.717, 1.165) is 11.3 Å². The maximum Gasteiger partial charge on any atom is 0.299 e. The first-order valence-electron chi connectivity index (χ1n) is 5.26. The van der Waals surface area contributed by atoms with Gasteiger partial charge in [0, 0.05) is 13.1 Å². The number of likely N-dealkylation sites (N-methyl/N-ethyl adjacent to an activating group) is 1. The number of anilines is 1. The molecule has 84 valence electrons. The van der Waals surface area contributed by atoms with E-state index in [9.17, 15) is 9.59 Å². The molecule has 1 aliphatic rings. The minimum Gasteiger partial charge on any atom is -0.318 e. The molecule has 0 saturated carbocycles. The third-order valence-electron chi connectivity index (χ3n) is 2.71. The number of carbonyl (C=O) groups is 2. The fourth-order valence-electron chi connectivity index (χ4n) is 1.86. The molecule has 4 nitrogen and oxygen atoms in total. The molecule has 0 aliphatic carbocycles. The molecule has 0 fully saturated rings. The highest BCUT2D eigenvalue weighted by molar-refractivity contribution is 6.52. The zero-order chi connectivity index (χ0) is 11.7. The monoisotopic (exact) mass is 218 g/mol. The second kappa shape index (κ2) is 4.06. The average Bonchev–Trinajstić information content (AvgIpc) is 2.50. The molecule has 1 aromatic carbocycles. The first-order valence-corrected chi connectivity index (χ1v) is 5.26. The zero-order valence-electron chi connectivity index (χ0n) is 9.41. The van der Waals surface area contributed by atoms with Gasteiger partial charge < -0.3 is 10.2 Å². The van der Waals surface area contributed by atoms with Crippen LogP contribution in [-0.4, -0.2) is 31.8 Å². The summed E-state index contributed by atoms with van der Waals surface area (Å²) in [5, 5.41) is 2.97. The Bertz CT molecular complexity index is 454. The van der Waals surface area contributed by atoms with Crippen molar-refractivity contribution in [2.24, 2.45) is 0 Å². The summed E-state index contributed by atoms with van der Waals surface area (Å²) in [5.41, 5.74) is 2.26. The van der Waals surface area contributed by atoms with Gasteiger partial charge in [-0.15, -0.1) is 0 Å². The third kappa shape index (κ3) is 1.61. The second-order valence-corrected chi connectivity index (χ2v) is 3.91. The lowest BCUT2D eigenvalue weighted by Crippen LogP contribution is -2.35. The molecule has 16 heavy (non-hydrogen) atoms. The van der Waals surface area contributed by atoms with Gasteiger partial charge in [-0.05, 0) is 26.1 Å². The molecule has 0 spiro atoms. The zero-order valence-corrected chi connectivity index (χ0v) is 9.41. The second-order valence-electron chi connectivity index (χ2n) is 3.91. The average molecular weight is 218 g/mol. The number of hydrogen-bond donors (Lipinski definition) is 1. The third-order valence-corrected chi connectivity index (χ3v) is 2.71. The molecule has 1 aliphatic heterocycles. The Morgan fingerprint density at radius 3 is 2.75 bits per heavy atom. The van der Waals surface area contributed by atoms with Crippen LogP contribution in [0, 0.1) is 6.92 Å². The number of Topliss-reactive ketones (excluding diaryl/α,β-unsaturated/α-hetero) is 1. The number of fused-ring (bicyclic) bond motifs is 1. The van der Waals surface area contributed by atoms with Crippen molar-refractivity contribution in [3.63, 3.8) is 0 Å². The number of nitrogens with zero attached hydrogens (tertiary/aromatic N) is 1. The molecule has 0 atom stereocenters. The van der Waals surface area contributed by atoms with Gasteiger partial charge in [0.25, 0.3) is 11.7 Å². The number of aryl methyl sites for hydroxylation is 1.